The van der Waals surface area contributed by atoms with Gasteiger partial charge in [-0.15, -0.1) is 0 Å². The molecule has 1 heterocycles. The highest BCUT2D eigenvalue weighted by Crippen LogP contribution is 2.17. The first kappa shape index (κ1) is 9.44. The normalized spacial score (nSPS) is 30.9. The zero-order chi connectivity index (χ0) is 8.93. The van der Waals surface area contributed by atoms with Gasteiger partial charge < -0.3 is 14.8 Å². The largest absolute Gasteiger partial charge is 0.376 e. The molecule has 0 aromatic carbocycles. The van der Waals surface area contributed by atoms with Crippen molar-refractivity contribution in [2.45, 2.75) is 37.8 Å². The highest BCUT2D eigenvalue weighted by molar-refractivity contribution is 4.75. The van der Waals surface area contributed by atoms with E-state index >= 15 is 0 Å². The molecule has 3 heteroatoms. The van der Waals surface area contributed by atoms with Crippen molar-refractivity contribution < 1.29 is 9.47 Å². The van der Waals surface area contributed by atoms with Gasteiger partial charge in [0, 0.05) is 12.6 Å². The maximum absolute atomic E-state index is 5.55. The number of ether oxygens (including phenoxy) is 2. The van der Waals surface area contributed by atoms with Gasteiger partial charge in [0.25, 0.3) is 0 Å². The molecule has 0 bridgehead atoms. The quantitative estimate of drug-likeness (QED) is 0.709. The third kappa shape index (κ3) is 2.93. The molecule has 2 fully saturated rings. The van der Waals surface area contributed by atoms with Crippen LogP contribution in [-0.4, -0.2) is 38.5 Å². The van der Waals surface area contributed by atoms with E-state index in [-0.39, 0.29) is 6.10 Å². The molecule has 0 amide bonds. The summed E-state index contributed by atoms with van der Waals surface area (Å²) in [6, 6.07) is 0.741. The van der Waals surface area contributed by atoms with E-state index in [1.807, 2.05) is 0 Å². The summed E-state index contributed by atoms with van der Waals surface area (Å²) in [5, 5.41) is 3.55. The van der Waals surface area contributed by atoms with E-state index in [4.69, 9.17) is 9.47 Å². The van der Waals surface area contributed by atoms with Crippen molar-refractivity contribution in [3.05, 3.63) is 0 Å². The maximum atomic E-state index is 5.55. The van der Waals surface area contributed by atoms with Crippen molar-refractivity contribution in [1.82, 2.24) is 5.32 Å². The number of hydrogen-bond acceptors (Lipinski definition) is 3. The molecule has 1 saturated carbocycles. The molecule has 1 aliphatic heterocycles. The molecular formula is C10H19NO2. The fourth-order valence-electron chi connectivity index (χ4n) is 2.08. The molecule has 13 heavy (non-hydrogen) atoms. The number of nitrogens with one attached hydrogen (secondary N) is 1. The second kappa shape index (κ2) is 4.94. The van der Waals surface area contributed by atoms with Crippen molar-refractivity contribution in [2.24, 2.45) is 0 Å². The lowest BCUT2D eigenvalue weighted by Gasteiger charge is -2.24. The molecule has 0 aromatic rings. The highest BCUT2D eigenvalue weighted by Gasteiger charge is 2.18. The Kier molecular flexibility index (Phi) is 3.58. The lowest BCUT2D eigenvalue weighted by molar-refractivity contribution is -0.0870. The molecule has 1 unspecified atom stereocenters. The topological polar surface area (TPSA) is 30.5 Å². The average molecular weight is 185 g/mol. The van der Waals surface area contributed by atoms with E-state index in [1.165, 1.54) is 25.7 Å². The summed E-state index contributed by atoms with van der Waals surface area (Å²) < 4.78 is 10.9. The Morgan fingerprint density at radius 1 is 1.15 bits per heavy atom. The van der Waals surface area contributed by atoms with Crippen molar-refractivity contribution in [3.63, 3.8) is 0 Å². The first-order valence-electron chi connectivity index (χ1n) is 5.38. The molecule has 0 aromatic heterocycles. The number of rotatable bonds is 3. The van der Waals surface area contributed by atoms with Crippen LogP contribution in [0.1, 0.15) is 25.7 Å². The Morgan fingerprint density at radius 3 is 2.69 bits per heavy atom. The summed E-state index contributed by atoms with van der Waals surface area (Å²) in [5.41, 5.74) is 0. The molecule has 0 spiro atoms. The molecule has 1 atom stereocenters. The fraction of sp³-hybridized carbons (Fsp3) is 1.00. The third-order valence-corrected chi connectivity index (χ3v) is 2.87. The van der Waals surface area contributed by atoms with Gasteiger partial charge in [-0.25, -0.2) is 0 Å². The summed E-state index contributed by atoms with van der Waals surface area (Å²) in [7, 11) is 0. The molecule has 2 aliphatic rings. The summed E-state index contributed by atoms with van der Waals surface area (Å²) in [4.78, 5) is 0. The van der Waals surface area contributed by atoms with Gasteiger partial charge in [0.15, 0.2) is 0 Å². The van der Waals surface area contributed by atoms with Crippen LogP contribution in [0.5, 0.6) is 0 Å². The van der Waals surface area contributed by atoms with Gasteiger partial charge in [-0.2, -0.15) is 0 Å². The highest BCUT2D eigenvalue weighted by atomic mass is 16.6. The van der Waals surface area contributed by atoms with Crippen LogP contribution in [0.15, 0.2) is 0 Å². The van der Waals surface area contributed by atoms with E-state index < -0.39 is 0 Å². The van der Waals surface area contributed by atoms with Crippen molar-refractivity contribution in [1.29, 1.82) is 0 Å². The molecule has 1 N–H and O–H groups in total. The zero-order valence-corrected chi connectivity index (χ0v) is 8.13. The van der Waals surface area contributed by atoms with Crippen LogP contribution in [0.3, 0.4) is 0 Å². The molecule has 1 aliphatic carbocycles. The van der Waals surface area contributed by atoms with Gasteiger partial charge >= 0.3 is 0 Å². The monoisotopic (exact) mass is 185 g/mol. The predicted octanol–water partition coefficient (Wildman–Crippen LogP) is 0.934. The van der Waals surface area contributed by atoms with Gasteiger partial charge in [0.2, 0.25) is 0 Å². The van der Waals surface area contributed by atoms with Gasteiger partial charge in [0.05, 0.1) is 25.9 Å². The van der Waals surface area contributed by atoms with Crippen LogP contribution in [0.4, 0.5) is 0 Å². The Balaban J connectivity index is 1.60. The van der Waals surface area contributed by atoms with E-state index in [1.54, 1.807) is 0 Å². The average Bonchev–Trinajstić information content (AvgIpc) is 2.69. The van der Waals surface area contributed by atoms with E-state index in [9.17, 15) is 0 Å². The van der Waals surface area contributed by atoms with Crippen LogP contribution < -0.4 is 5.32 Å². The Morgan fingerprint density at radius 2 is 2.00 bits per heavy atom. The lowest BCUT2D eigenvalue weighted by Crippen LogP contribution is -2.40. The van der Waals surface area contributed by atoms with Crippen LogP contribution >= 0.6 is 0 Å². The molecular weight excluding hydrogens is 166 g/mol. The summed E-state index contributed by atoms with van der Waals surface area (Å²) in [6.07, 6.45) is 5.75. The molecule has 2 rings (SSSR count). The summed E-state index contributed by atoms with van der Waals surface area (Å²) in [6.45, 7) is 3.25. The predicted molar refractivity (Wildman–Crippen MR) is 50.8 cm³/mol. The van der Waals surface area contributed by atoms with Crippen molar-refractivity contribution in [2.75, 3.05) is 26.4 Å². The minimum atomic E-state index is 0.286. The van der Waals surface area contributed by atoms with Crippen LogP contribution in [-0.2, 0) is 9.47 Å². The third-order valence-electron chi connectivity index (χ3n) is 2.87. The van der Waals surface area contributed by atoms with E-state index in [2.05, 4.69) is 5.32 Å². The molecule has 1 saturated heterocycles. The second-order valence-corrected chi connectivity index (χ2v) is 3.96. The Labute approximate surface area is 79.8 Å². The fourth-order valence-corrected chi connectivity index (χ4v) is 2.08. The van der Waals surface area contributed by atoms with Crippen LogP contribution in [0, 0.1) is 0 Å². The number of hydrogen-bond donors (Lipinski definition) is 1. The minimum Gasteiger partial charge on any atom is -0.376 e. The van der Waals surface area contributed by atoms with E-state index in [0.717, 1.165) is 32.4 Å². The van der Waals surface area contributed by atoms with Crippen LogP contribution in [0.2, 0.25) is 0 Å². The van der Waals surface area contributed by atoms with Crippen molar-refractivity contribution in [3.8, 4) is 0 Å². The smallest absolute Gasteiger partial charge is 0.0933 e. The standard InChI is InChI=1S/C10H19NO2/c1-2-4-9(3-1)11-7-10-8-12-5-6-13-10/h9-11H,1-8H2. The Hall–Kier alpha value is -0.120. The molecule has 3 nitrogen and oxygen atoms in total. The summed E-state index contributed by atoms with van der Waals surface area (Å²) >= 11 is 0. The SMILES string of the molecule is C1CCC(NCC2COCCO2)C1. The van der Waals surface area contributed by atoms with Gasteiger partial charge in [-0.05, 0) is 12.8 Å². The van der Waals surface area contributed by atoms with Gasteiger partial charge in [-0.1, -0.05) is 12.8 Å². The van der Waals surface area contributed by atoms with Gasteiger partial charge in [-0.3, -0.25) is 0 Å². The Bertz CT molecular complexity index is 140. The minimum absolute atomic E-state index is 0.286. The molecule has 0 radical (unpaired) electrons. The second-order valence-electron chi connectivity index (χ2n) is 3.96. The first-order chi connectivity index (χ1) is 6.45. The molecule has 76 valence electrons. The van der Waals surface area contributed by atoms with Crippen molar-refractivity contribution >= 4 is 0 Å². The first-order valence-corrected chi connectivity index (χ1v) is 5.38. The van der Waals surface area contributed by atoms with E-state index in [0.29, 0.717) is 0 Å². The zero-order valence-electron chi connectivity index (χ0n) is 8.13. The lowest BCUT2D eigenvalue weighted by atomic mass is 10.2. The van der Waals surface area contributed by atoms with Crippen LogP contribution in [0.25, 0.3) is 0 Å². The van der Waals surface area contributed by atoms with Gasteiger partial charge in [0.1, 0.15) is 0 Å². The summed E-state index contributed by atoms with van der Waals surface area (Å²) in [5.74, 6) is 0. The maximum Gasteiger partial charge on any atom is 0.0933 e.